The zero-order chi connectivity index (χ0) is 11.1. The minimum atomic E-state index is -0.187. The molecule has 0 saturated heterocycles. The lowest BCUT2D eigenvalue weighted by Crippen LogP contribution is -2.28. The first-order chi connectivity index (χ1) is 7.22. The molecule has 0 bridgehead atoms. The molecule has 0 unspecified atom stereocenters. The van der Waals surface area contributed by atoms with Gasteiger partial charge in [-0.3, -0.25) is 15.5 Å². The van der Waals surface area contributed by atoms with E-state index < -0.39 is 0 Å². The van der Waals surface area contributed by atoms with Crippen molar-refractivity contribution in [1.82, 2.24) is 10.6 Å². The summed E-state index contributed by atoms with van der Waals surface area (Å²) in [5.74, 6) is -0.291. The summed E-state index contributed by atoms with van der Waals surface area (Å²) < 4.78 is 0. The number of carbonyl (C=O) groups is 1. The van der Waals surface area contributed by atoms with Crippen LogP contribution in [0, 0.1) is 5.41 Å². The van der Waals surface area contributed by atoms with Crippen molar-refractivity contribution in [2.24, 2.45) is 4.99 Å². The van der Waals surface area contributed by atoms with Crippen LogP contribution >= 0.6 is 0 Å². The smallest absolute Gasteiger partial charge is 0.226 e. The second-order valence-electron chi connectivity index (χ2n) is 3.25. The Hall–Kier alpha value is -1.49. The number of carbonyl (C=O) groups excluding carboxylic acids is 1. The summed E-state index contributed by atoms with van der Waals surface area (Å²) in [5, 5.41) is 12.9. The largest absolute Gasteiger partial charge is 0.312 e. The van der Waals surface area contributed by atoms with E-state index in [1.54, 1.807) is 13.1 Å². The number of aliphatic imine (C=N–C) groups is 1. The highest BCUT2D eigenvalue weighted by atomic mass is 16.1. The molecule has 0 atom stereocenters. The predicted molar refractivity (Wildman–Crippen MR) is 60.2 cm³/mol. The zero-order valence-corrected chi connectivity index (χ0v) is 8.84. The van der Waals surface area contributed by atoms with Crippen LogP contribution in [0.1, 0.15) is 19.8 Å². The fraction of sp³-hybridized carbons (Fsp3) is 0.500. The van der Waals surface area contributed by atoms with E-state index >= 15 is 0 Å². The molecule has 15 heavy (non-hydrogen) atoms. The Morgan fingerprint density at radius 1 is 1.80 bits per heavy atom. The summed E-state index contributed by atoms with van der Waals surface area (Å²) >= 11 is 0. The zero-order valence-electron chi connectivity index (χ0n) is 8.84. The van der Waals surface area contributed by atoms with Gasteiger partial charge in [0.2, 0.25) is 11.9 Å². The van der Waals surface area contributed by atoms with Crippen LogP contribution in [-0.2, 0) is 4.79 Å². The molecule has 1 aliphatic rings. The molecule has 0 aromatic heterocycles. The molecule has 1 amide bonds. The average Bonchev–Trinajstić information content (AvgIpc) is 2.27. The van der Waals surface area contributed by atoms with Gasteiger partial charge >= 0.3 is 0 Å². The molecule has 1 aliphatic heterocycles. The van der Waals surface area contributed by atoms with Crippen molar-refractivity contribution in [3.63, 3.8) is 0 Å². The highest BCUT2D eigenvalue weighted by Gasteiger charge is 2.01. The van der Waals surface area contributed by atoms with E-state index in [0.29, 0.717) is 6.42 Å². The van der Waals surface area contributed by atoms with Crippen LogP contribution in [0.15, 0.2) is 16.6 Å². The molecule has 5 nitrogen and oxygen atoms in total. The summed E-state index contributed by atoms with van der Waals surface area (Å²) in [4.78, 5) is 14.8. The van der Waals surface area contributed by atoms with Crippen LogP contribution in [-0.4, -0.2) is 31.2 Å². The van der Waals surface area contributed by atoms with E-state index in [4.69, 9.17) is 5.41 Å². The SMILES string of the molecule is CCC(=O)NC(=N)N=CC1=CCCNC1. The van der Waals surface area contributed by atoms with Crippen molar-refractivity contribution < 1.29 is 4.79 Å². The monoisotopic (exact) mass is 208 g/mol. The summed E-state index contributed by atoms with van der Waals surface area (Å²) in [6, 6.07) is 0. The molecule has 5 heteroatoms. The molecule has 0 aromatic carbocycles. The van der Waals surface area contributed by atoms with E-state index in [1.165, 1.54) is 0 Å². The summed E-state index contributed by atoms with van der Waals surface area (Å²) in [5.41, 5.74) is 1.05. The lowest BCUT2D eigenvalue weighted by Gasteiger charge is -2.09. The van der Waals surface area contributed by atoms with Gasteiger partial charge < -0.3 is 5.32 Å². The van der Waals surface area contributed by atoms with Gasteiger partial charge in [-0.1, -0.05) is 13.0 Å². The van der Waals surface area contributed by atoms with Crippen molar-refractivity contribution in [3.8, 4) is 0 Å². The van der Waals surface area contributed by atoms with Crippen LogP contribution in [0.5, 0.6) is 0 Å². The van der Waals surface area contributed by atoms with Gasteiger partial charge in [0.25, 0.3) is 0 Å². The maximum absolute atomic E-state index is 10.9. The van der Waals surface area contributed by atoms with Gasteiger partial charge in [-0.15, -0.1) is 0 Å². The normalized spacial score (nSPS) is 16.2. The topological polar surface area (TPSA) is 77.3 Å². The Morgan fingerprint density at radius 3 is 3.20 bits per heavy atom. The Balaban J connectivity index is 2.39. The molecule has 3 N–H and O–H groups in total. The number of hydrogen-bond donors (Lipinski definition) is 3. The maximum Gasteiger partial charge on any atom is 0.226 e. The first kappa shape index (κ1) is 11.6. The number of hydrogen-bond acceptors (Lipinski definition) is 3. The van der Waals surface area contributed by atoms with Gasteiger partial charge in [-0.05, 0) is 18.5 Å². The number of guanidine groups is 1. The molecule has 82 valence electrons. The Bertz CT molecular complexity index is 307. The van der Waals surface area contributed by atoms with Crippen molar-refractivity contribution in [2.75, 3.05) is 13.1 Å². The molecule has 0 saturated carbocycles. The number of nitrogens with zero attached hydrogens (tertiary/aromatic N) is 1. The predicted octanol–water partition coefficient (Wildman–Crippen LogP) is 0.438. The standard InChI is InChI=1S/C10H16N4O/c1-2-9(15)14-10(11)13-7-8-4-3-5-12-6-8/h4,7,12H,2-3,5-6H2,1H3,(H2,11,14,15). The fourth-order valence-electron chi connectivity index (χ4n) is 1.16. The summed E-state index contributed by atoms with van der Waals surface area (Å²) in [6.45, 7) is 3.50. The third-order valence-electron chi connectivity index (χ3n) is 2.00. The van der Waals surface area contributed by atoms with Crippen LogP contribution < -0.4 is 10.6 Å². The van der Waals surface area contributed by atoms with Gasteiger partial charge in [-0.2, -0.15) is 0 Å². The minimum absolute atomic E-state index is 0.103. The van der Waals surface area contributed by atoms with E-state index in [-0.39, 0.29) is 11.9 Å². The molecule has 1 heterocycles. The van der Waals surface area contributed by atoms with Crippen molar-refractivity contribution >= 4 is 18.1 Å². The van der Waals surface area contributed by atoms with Gasteiger partial charge in [-0.25, -0.2) is 4.99 Å². The molecular formula is C10H16N4O. The molecule has 0 aromatic rings. The molecule has 0 spiro atoms. The Kier molecular flexibility index (Phi) is 4.70. The minimum Gasteiger partial charge on any atom is -0.312 e. The Labute approximate surface area is 89.2 Å². The average molecular weight is 208 g/mol. The molecule has 0 aliphatic carbocycles. The quantitative estimate of drug-likeness (QED) is 0.455. The van der Waals surface area contributed by atoms with Crippen molar-refractivity contribution in [3.05, 3.63) is 11.6 Å². The molecule has 1 rings (SSSR count). The number of amides is 1. The third-order valence-corrected chi connectivity index (χ3v) is 2.00. The van der Waals surface area contributed by atoms with Crippen molar-refractivity contribution in [2.45, 2.75) is 19.8 Å². The highest BCUT2D eigenvalue weighted by Crippen LogP contribution is 1.97. The first-order valence-electron chi connectivity index (χ1n) is 5.04. The summed E-state index contributed by atoms with van der Waals surface area (Å²) in [6.07, 6.45) is 5.04. The van der Waals surface area contributed by atoms with Crippen LogP contribution in [0.25, 0.3) is 0 Å². The van der Waals surface area contributed by atoms with E-state index in [2.05, 4.69) is 21.7 Å². The van der Waals surface area contributed by atoms with E-state index in [9.17, 15) is 4.79 Å². The van der Waals surface area contributed by atoms with Gasteiger partial charge in [0.1, 0.15) is 0 Å². The second kappa shape index (κ2) is 6.08. The number of rotatable bonds is 2. The molecule has 0 radical (unpaired) electrons. The first-order valence-corrected chi connectivity index (χ1v) is 5.04. The molecular weight excluding hydrogens is 192 g/mol. The number of nitrogens with one attached hydrogen (secondary N) is 3. The molecule has 0 fully saturated rings. The van der Waals surface area contributed by atoms with Crippen molar-refractivity contribution in [1.29, 1.82) is 5.41 Å². The van der Waals surface area contributed by atoms with Gasteiger partial charge in [0, 0.05) is 19.2 Å². The highest BCUT2D eigenvalue weighted by molar-refractivity contribution is 6.00. The lowest BCUT2D eigenvalue weighted by molar-refractivity contribution is -0.119. The summed E-state index contributed by atoms with van der Waals surface area (Å²) in [7, 11) is 0. The second-order valence-corrected chi connectivity index (χ2v) is 3.25. The van der Waals surface area contributed by atoms with Crippen LogP contribution in [0.2, 0.25) is 0 Å². The van der Waals surface area contributed by atoms with Crippen LogP contribution in [0.3, 0.4) is 0 Å². The maximum atomic E-state index is 10.9. The third kappa shape index (κ3) is 4.51. The van der Waals surface area contributed by atoms with Gasteiger partial charge in [0.15, 0.2) is 0 Å². The lowest BCUT2D eigenvalue weighted by atomic mass is 10.2. The van der Waals surface area contributed by atoms with Gasteiger partial charge in [0.05, 0.1) is 0 Å². The van der Waals surface area contributed by atoms with E-state index in [0.717, 1.165) is 25.1 Å². The fourth-order valence-corrected chi connectivity index (χ4v) is 1.16. The van der Waals surface area contributed by atoms with E-state index in [1.807, 2.05) is 0 Å². The Morgan fingerprint density at radius 2 is 2.60 bits per heavy atom. The van der Waals surface area contributed by atoms with Crippen LogP contribution in [0.4, 0.5) is 0 Å².